The monoisotopic (exact) mass is 279 g/mol. The van der Waals surface area contributed by atoms with Crippen LogP contribution in [-0.2, 0) is 4.79 Å². The summed E-state index contributed by atoms with van der Waals surface area (Å²) in [7, 11) is 0. The van der Waals surface area contributed by atoms with Gasteiger partial charge in [-0.25, -0.2) is 4.79 Å². The molecule has 0 radical (unpaired) electrons. The number of aromatic carboxylic acids is 1. The largest absolute Gasteiger partial charge is 0.478 e. The van der Waals surface area contributed by atoms with Gasteiger partial charge in [0.05, 0.1) is 17.0 Å². The molecule has 106 valence electrons. The van der Waals surface area contributed by atoms with E-state index >= 15 is 0 Å². The van der Waals surface area contributed by atoms with Crippen molar-refractivity contribution in [2.45, 2.75) is 6.42 Å². The third kappa shape index (κ3) is 2.85. The third-order valence-corrected chi connectivity index (χ3v) is 3.02. The molecule has 8 nitrogen and oxygen atoms in total. The number of rotatable bonds is 3. The molecule has 0 unspecified atom stereocenters. The average Bonchev–Trinajstić information content (AvgIpc) is 2.62. The summed E-state index contributed by atoms with van der Waals surface area (Å²) in [5, 5.41) is 22.6. The van der Waals surface area contributed by atoms with Crippen LogP contribution in [-0.4, -0.2) is 41.5 Å². The zero-order chi connectivity index (χ0) is 14.7. The minimum Gasteiger partial charge on any atom is -0.478 e. The molecule has 1 saturated heterocycles. The quantitative estimate of drug-likeness (QED) is 0.619. The molecule has 0 saturated carbocycles. The Balaban J connectivity index is 2.41. The van der Waals surface area contributed by atoms with E-state index < -0.39 is 10.9 Å². The summed E-state index contributed by atoms with van der Waals surface area (Å²) < 4.78 is 0. The van der Waals surface area contributed by atoms with Gasteiger partial charge in [-0.05, 0) is 18.6 Å². The number of amides is 1. The molecule has 1 fully saturated rings. The lowest BCUT2D eigenvalue weighted by Crippen LogP contribution is -2.33. The molecule has 1 aliphatic rings. The van der Waals surface area contributed by atoms with Crippen molar-refractivity contribution in [1.82, 2.24) is 5.32 Å². The first-order chi connectivity index (χ1) is 9.49. The summed E-state index contributed by atoms with van der Waals surface area (Å²) in [5.41, 5.74) is -0.198. The van der Waals surface area contributed by atoms with Crippen LogP contribution in [0.2, 0.25) is 0 Å². The van der Waals surface area contributed by atoms with Crippen LogP contribution in [0.25, 0.3) is 0 Å². The molecule has 1 aromatic carbocycles. The van der Waals surface area contributed by atoms with Crippen LogP contribution in [0.15, 0.2) is 18.2 Å². The number of carbonyl (C=O) groups excluding carboxylic acids is 1. The van der Waals surface area contributed by atoms with E-state index in [2.05, 4.69) is 5.32 Å². The molecule has 0 atom stereocenters. The molecule has 0 aromatic heterocycles. The Morgan fingerprint density at radius 2 is 2.20 bits per heavy atom. The number of benzene rings is 1. The summed E-state index contributed by atoms with van der Waals surface area (Å²) in [4.78, 5) is 34.4. The van der Waals surface area contributed by atoms with Gasteiger partial charge in [-0.1, -0.05) is 0 Å². The van der Waals surface area contributed by atoms with Crippen molar-refractivity contribution < 1.29 is 19.6 Å². The van der Waals surface area contributed by atoms with Gasteiger partial charge in [0.1, 0.15) is 5.69 Å². The molecule has 0 spiro atoms. The van der Waals surface area contributed by atoms with E-state index in [0.29, 0.717) is 19.5 Å². The maximum absolute atomic E-state index is 11.5. The lowest BCUT2D eigenvalue weighted by Gasteiger charge is -2.21. The Labute approximate surface area is 114 Å². The van der Waals surface area contributed by atoms with Gasteiger partial charge in [0, 0.05) is 19.2 Å². The lowest BCUT2D eigenvalue weighted by atomic mass is 10.1. The van der Waals surface area contributed by atoms with Crippen LogP contribution in [0.3, 0.4) is 0 Å². The van der Waals surface area contributed by atoms with E-state index in [1.165, 1.54) is 12.1 Å². The third-order valence-electron chi connectivity index (χ3n) is 3.02. The zero-order valence-corrected chi connectivity index (χ0v) is 10.5. The highest BCUT2D eigenvalue weighted by Crippen LogP contribution is 2.29. The van der Waals surface area contributed by atoms with Crippen LogP contribution in [0, 0.1) is 10.1 Å². The van der Waals surface area contributed by atoms with Crippen molar-refractivity contribution in [3.63, 3.8) is 0 Å². The summed E-state index contributed by atoms with van der Waals surface area (Å²) in [6, 6.07) is 3.69. The van der Waals surface area contributed by atoms with Crippen molar-refractivity contribution >= 4 is 23.3 Å². The lowest BCUT2D eigenvalue weighted by molar-refractivity contribution is -0.384. The van der Waals surface area contributed by atoms with E-state index in [4.69, 9.17) is 5.11 Å². The number of carbonyl (C=O) groups is 2. The van der Waals surface area contributed by atoms with Crippen LogP contribution in [0.1, 0.15) is 16.8 Å². The van der Waals surface area contributed by atoms with Crippen LogP contribution < -0.4 is 10.2 Å². The Hall–Kier alpha value is -2.64. The summed E-state index contributed by atoms with van der Waals surface area (Å²) in [6.45, 7) is 1.04. The van der Waals surface area contributed by atoms with Gasteiger partial charge in [-0.2, -0.15) is 0 Å². The molecule has 1 aliphatic heterocycles. The number of nitro groups is 1. The van der Waals surface area contributed by atoms with Crippen LogP contribution in [0.5, 0.6) is 0 Å². The Morgan fingerprint density at radius 1 is 1.45 bits per heavy atom. The predicted octanol–water partition coefficient (Wildman–Crippen LogP) is 0.619. The molecular weight excluding hydrogens is 266 g/mol. The van der Waals surface area contributed by atoms with Gasteiger partial charge >= 0.3 is 5.97 Å². The van der Waals surface area contributed by atoms with E-state index in [0.717, 1.165) is 6.07 Å². The number of nitro benzene ring substituents is 1. The van der Waals surface area contributed by atoms with Crippen molar-refractivity contribution in [2.75, 3.05) is 24.5 Å². The van der Waals surface area contributed by atoms with E-state index in [-0.39, 0.29) is 29.4 Å². The molecule has 0 aliphatic carbocycles. The van der Waals surface area contributed by atoms with Gasteiger partial charge in [0.15, 0.2) is 0 Å². The number of nitrogens with zero attached hydrogens (tertiary/aromatic N) is 2. The first kappa shape index (κ1) is 13.8. The van der Waals surface area contributed by atoms with E-state index in [1.54, 1.807) is 4.90 Å². The van der Waals surface area contributed by atoms with Gasteiger partial charge < -0.3 is 15.3 Å². The maximum Gasteiger partial charge on any atom is 0.335 e. The topological polar surface area (TPSA) is 113 Å². The Kier molecular flexibility index (Phi) is 3.83. The minimum atomic E-state index is -1.23. The fraction of sp³-hybridized carbons (Fsp3) is 0.333. The number of hydrogen-bond donors (Lipinski definition) is 2. The highest BCUT2D eigenvalue weighted by atomic mass is 16.6. The second-order valence-electron chi connectivity index (χ2n) is 4.39. The van der Waals surface area contributed by atoms with E-state index in [9.17, 15) is 19.7 Å². The number of nitrogens with one attached hydrogen (secondary N) is 1. The van der Waals surface area contributed by atoms with Gasteiger partial charge in [-0.15, -0.1) is 0 Å². The summed E-state index contributed by atoms with van der Waals surface area (Å²) in [6.07, 6.45) is 0.670. The van der Waals surface area contributed by atoms with Crippen LogP contribution in [0.4, 0.5) is 11.4 Å². The molecule has 20 heavy (non-hydrogen) atoms. The van der Waals surface area contributed by atoms with Gasteiger partial charge in [-0.3, -0.25) is 14.9 Å². The van der Waals surface area contributed by atoms with Crippen molar-refractivity contribution in [3.8, 4) is 0 Å². The second-order valence-corrected chi connectivity index (χ2v) is 4.39. The zero-order valence-electron chi connectivity index (χ0n) is 10.5. The average molecular weight is 279 g/mol. The highest BCUT2D eigenvalue weighted by molar-refractivity contribution is 5.90. The molecule has 2 rings (SSSR count). The molecule has 8 heteroatoms. The predicted molar refractivity (Wildman–Crippen MR) is 69.9 cm³/mol. The van der Waals surface area contributed by atoms with Crippen molar-refractivity contribution in [1.29, 1.82) is 0 Å². The number of anilines is 1. The maximum atomic E-state index is 11.5. The smallest absolute Gasteiger partial charge is 0.335 e. The molecule has 0 bridgehead atoms. The Morgan fingerprint density at radius 3 is 2.85 bits per heavy atom. The first-order valence-electron chi connectivity index (χ1n) is 6.02. The number of carboxylic acids is 1. The summed E-state index contributed by atoms with van der Waals surface area (Å²) in [5.74, 6) is -1.44. The number of hydrogen-bond acceptors (Lipinski definition) is 5. The molecule has 1 amide bonds. The highest BCUT2D eigenvalue weighted by Gasteiger charge is 2.24. The Bertz CT molecular complexity index is 572. The fourth-order valence-electron chi connectivity index (χ4n) is 2.08. The van der Waals surface area contributed by atoms with E-state index in [1.807, 2.05) is 0 Å². The van der Waals surface area contributed by atoms with Gasteiger partial charge in [0.25, 0.3) is 5.69 Å². The molecular formula is C12H13N3O5. The van der Waals surface area contributed by atoms with Crippen molar-refractivity contribution in [2.24, 2.45) is 0 Å². The SMILES string of the molecule is O=C1CN(c2ccc(C(=O)O)cc2[N+](=O)[O-])CCCN1. The number of carboxylic acid groups (broad SMARTS) is 1. The van der Waals surface area contributed by atoms with Crippen LogP contribution >= 0.6 is 0 Å². The fourth-order valence-corrected chi connectivity index (χ4v) is 2.08. The normalized spacial score (nSPS) is 15.4. The molecule has 1 heterocycles. The molecule has 1 aromatic rings. The summed E-state index contributed by atoms with van der Waals surface area (Å²) >= 11 is 0. The standard InChI is InChI=1S/C12H13N3O5/c16-11-7-14(5-1-4-13-11)9-3-2-8(12(17)18)6-10(9)15(19)20/h2-3,6H,1,4-5,7H2,(H,13,16)(H,17,18). The minimum absolute atomic E-state index is 0.0211. The van der Waals surface area contributed by atoms with Crippen molar-refractivity contribution in [3.05, 3.63) is 33.9 Å². The van der Waals surface area contributed by atoms with Gasteiger partial charge in [0.2, 0.25) is 5.91 Å². The first-order valence-corrected chi connectivity index (χ1v) is 6.02. The second kappa shape index (κ2) is 5.55. The molecule has 2 N–H and O–H groups in total.